The number of fused-ring (bicyclic) bond motifs is 1. The molecule has 1 fully saturated rings. The van der Waals surface area contributed by atoms with Crippen molar-refractivity contribution >= 4 is 15.7 Å². The lowest BCUT2D eigenvalue weighted by molar-refractivity contribution is -0.132. The molecule has 1 unspecified atom stereocenters. The number of likely N-dealkylation sites (tertiary alicyclic amines) is 1. The van der Waals surface area contributed by atoms with E-state index in [1.54, 1.807) is 47.4 Å². The Labute approximate surface area is 191 Å². The molecule has 0 bridgehead atoms. The Balaban J connectivity index is 1.22. The number of hydrogen-bond donors (Lipinski definition) is 0. The first-order chi connectivity index (χ1) is 16.0. The van der Waals surface area contributed by atoms with E-state index in [-0.39, 0.29) is 35.7 Å². The van der Waals surface area contributed by atoms with Gasteiger partial charge in [0.2, 0.25) is 24.5 Å². The van der Waals surface area contributed by atoms with Crippen LogP contribution < -0.4 is 9.47 Å². The number of carbonyl (C=O) groups excluding carboxylic acids is 1. The maximum Gasteiger partial charge on any atom is 0.247 e. The number of piperidine rings is 1. The summed E-state index contributed by atoms with van der Waals surface area (Å²) < 4.78 is 41.6. The summed E-state index contributed by atoms with van der Waals surface area (Å²) in [7, 11) is -3.50. The van der Waals surface area contributed by atoms with E-state index in [2.05, 4.69) is 10.2 Å². The maximum absolute atomic E-state index is 12.8. The molecule has 1 atom stereocenters. The summed E-state index contributed by atoms with van der Waals surface area (Å²) in [5, 5.41) is 8.37. The predicted molar refractivity (Wildman–Crippen MR) is 118 cm³/mol. The molecular weight excluding hydrogens is 446 g/mol. The molecule has 0 radical (unpaired) electrons. The molecule has 9 nitrogen and oxygen atoms in total. The molecule has 0 aliphatic carbocycles. The smallest absolute Gasteiger partial charge is 0.247 e. The zero-order valence-electron chi connectivity index (χ0n) is 17.8. The minimum absolute atomic E-state index is 0.0593. The van der Waals surface area contributed by atoms with Crippen molar-refractivity contribution in [2.75, 3.05) is 25.6 Å². The molecule has 3 aromatic rings. The van der Waals surface area contributed by atoms with Gasteiger partial charge < -0.3 is 18.8 Å². The predicted octanol–water partition coefficient (Wildman–Crippen LogP) is 3.04. The van der Waals surface area contributed by atoms with E-state index in [0.717, 1.165) is 18.4 Å². The Kier molecular flexibility index (Phi) is 5.76. The Morgan fingerprint density at radius 1 is 1.06 bits per heavy atom. The highest BCUT2D eigenvalue weighted by Crippen LogP contribution is 2.36. The van der Waals surface area contributed by atoms with Gasteiger partial charge in [-0.05, 0) is 43.2 Å². The zero-order chi connectivity index (χ0) is 22.8. The first-order valence-electron chi connectivity index (χ1n) is 10.8. The van der Waals surface area contributed by atoms with Gasteiger partial charge in [0.15, 0.2) is 21.3 Å². The minimum Gasteiger partial charge on any atom is -0.454 e. The Morgan fingerprint density at radius 2 is 1.88 bits per heavy atom. The molecule has 2 aliphatic heterocycles. The summed E-state index contributed by atoms with van der Waals surface area (Å²) in [6.07, 6.45) is 1.54. The second kappa shape index (κ2) is 8.86. The van der Waals surface area contributed by atoms with Crippen molar-refractivity contribution in [2.45, 2.75) is 30.1 Å². The topological polar surface area (TPSA) is 112 Å². The molecule has 1 saturated heterocycles. The van der Waals surface area contributed by atoms with Crippen LogP contribution in [-0.4, -0.2) is 55.1 Å². The molecule has 0 saturated carbocycles. The third kappa shape index (κ3) is 4.56. The van der Waals surface area contributed by atoms with Gasteiger partial charge in [-0.25, -0.2) is 8.42 Å². The SMILES string of the molecule is O=C(CCS(=O)(=O)c1ccccc1)N1CCCC(c2nnc(-c3ccc4c(c3)OCO4)o2)C1. The molecule has 33 heavy (non-hydrogen) atoms. The van der Waals surface area contributed by atoms with Crippen molar-refractivity contribution in [1.82, 2.24) is 15.1 Å². The molecule has 2 aromatic carbocycles. The van der Waals surface area contributed by atoms with Crippen LogP contribution in [-0.2, 0) is 14.6 Å². The van der Waals surface area contributed by atoms with Gasteiger partial charge in [-0.1, -0.05) is 18.2 Å². The minimum atomic E-state index is -3.50. The fourth-order valence-corrected chi connectivity index (χ4v) is 5.33. The van der Waals surface area contributed by atoms with Crippen LogP contribution in [0.5, 0.6) is 11.5 Å². The van der Waals surface area contributed by atoms with E-state index in [9.17, 15) is 13.2 Å². The van der Waals surface area contributed by atoms with E-state index in [1.165, 1.54) is 0 Å². The number of benzene rings is 2. The summed E-state index contributed by atoms with van der Waals surface area (Å²) in [4.78, 5) is 14.7. The Hall–Kier alpha value is -3.40. The maximum atomic E-state index is 12.8. The largest absolute Gasteiger partial charge is 0.454 e. The number of hydrogen-bond acceptors (Lipinski definition) is 8. The lowest BCUT2D eigenvalue weighted by Crippen LogP contribution is -2.39. The highest BCUT2D eigenvalue weighted by atomic mass is 32.2. The third-order valence-corrected chi connectivity index (χ3v) is 7.60. The van der Waals surface area contributed by atoms with Crippen LogP contribution in [0.1, 0.15) is 31.1 Å². The molecule has 5 rings (SSSR count). The van der Waals surface area contributed by atoms with Gasteiger partial charge in [0.1, 0.15) is 0 Å². The molecular formula is C23H23N3O6S. The van der Waals surface area contributed by atoms with E-state index >= 15 is 0 Å². The molecule has 2 aliphatic rings. The molecule has 1 aromatic heterocycles. The summed E-state index contributed by atoms with van der Waals surface area (Å²) in [5.41, 5.74) is 0.730. The second-order valence-corrected chi connectivity index (χ2v) is 10.2. The number of rotatable bonds is 6. The fourth-order valence-electron chi connectivity index (χ4n) is 4.08. The van der Waals surface area contributed by atoms with Crippen molar-refractivity contribution in [3.63, 3.8) is 0 Å². The number of amides is 1. The summed E-state index contributed by atoms with van der Waals surface area (Å²) in [6, 6.07) is 13.6. The van der Waals surface area contributed by atoms with Gasteiger partial charge in [0, 0.05) is 25.1 Å². The monoisotopic (exact) mass is 469 g/mol. The molecule has 172 valence electrons. The standard InChI is InChI=1S/C23H23N3O6S/c27-21(10-12-33(28,29)18-6-2-1-3-7-18)26-11-4-5-17(14-26)23-25-24-22(32-23)16-8-9-19-20(13-16)31-15-30-19/h1-3,6-9,13,17H,4-5,10-12,14-15H2. The summed E-state index contributed by atoms with van der Waals surface area (Å²) in [6.45, 7) is 1.20. The van der Waals surface area contributed by atoms with Gasteiger partial charge >= 0.3 is 0 Å². The first kappa shape index (κ1) is 21.4. The highest BCUT2D eigenvalue weighted by Gasteiger charge is 2.29. The van der Waals surface area contributed by atoms with E-state index in [1.807, 2.05) is 6.07 Å². The van der Waals surface area contributed by atoms with Gasteiger partial charge in [0.05, 0.1) is 16.6 Å². The average Bonchev–Trinajstić information content (AvgIpc) is 3.53. The van der Waals surface area contributed by atoms with Crippen LogP contribution in [0.3, 0.4) is 0 Å². The van der Waals surface area contributed by atoms with Crippen LogP contribution in [0, 0.1) is 0 Å². The van der Waals surface area contributed by atoms with Gasteiger partial charge in [-0.15, -0.1) is 10.2 Å². The van der Waals surface area contributed by atoms with Gasteiger partial charge in [0.25, 0.3) is 0 Å². The Bertz CT molecular complexity index is 1260. The van der Waals surface area contributed by atoms with E-state index < -0.39 is 9.84 Å². The third-order valence-electron chi connectivity index (χ3n) is 5.87. The zero-order valence-corrected chi connectivity index (χ0v) is 18.7. The molecule has 1 amide bonds. The second-order valence-electron chi connectivity index (χ2n) is 8.07. The van der Waals surface area contributed by atoms with Crippen LogP contribution in [0.4, 0.5) is 0 Å². The van der Waals surface area contributed by atoms with Crippen molar-refractivity contribution in [3.8, 4) is 23.0 Å². The van der Waals surface area contributed by atoms with Crippen molar-refractivity contribution in [3.05, 3.63) is 54.4 Å². The number of aromatic nitrogens is 2. The van der Waals surface area contributed by atoms with Crippen molar-refractivity contribution in [1.29, 1.82) is 0 Å². The average molecular weight is 470 g/mol. The Morgan fingerprint density at radius 3 is 2.73 bits per heavy atom. The van der Waals surface area contributed by atoms with E-state index in [0.29, 0.717) is 36.4 Å². The first-order valence-corrected chi connectivity index (χ1v) is 12.4. The fraction of sp³-hybridized carbons (Fsp3) is 0.348. The van der Waals surface area contributed by atoms with E-state index in [4.69, 9.17) is 13.9 Å². The highest BCUT2D eigenvalue weighted by molar-refractivity contribution is 7.91. The summed E-state index contributed by atoms with van der Waals surface area (Å²) in [5.74, 6) is 1.66. The molecule has 10 heteroatoms. The number of nitrogens with zero attached hydrogens (tertiary/aromatic N) is 3. The van der Waals surface area contributed by atoms with Crippen LogP contribution in [0.15, 0.2) is 57.8 Å². The lowest BCUT2D eigenvalue weighted by Gasteiger charge is -2.31. The number of carbonyl (C=O) groups is 1. The van der Waals surface area contributed by atoms with Crippen molar-refractivity contribution in [2.24, 2.45) is 0 Å². The quantitative estimate of drug-likeness (QED) is 0.542. The molecule has 0 N–H and O–H groups in total. The van der Waals surface area contributed by atoms with Gasteiger partial charge in [-0.3, -0.25) is 4.79 Å². The molecule has 3 heterocycles. The number of ether oxygens (including phenoxy) is 2. The summed E-state index contributed by atoms with van der Waals surface area (Å²) >= 11 is 0. The van der Waals surface area contributed by atoms with Crippen LogP contribution >= 0.6 is 0 Å². The molecule has 0 spiro atoms. The number of sulfone groups is 1. The normalized spacial score (nSPS) is 17.8. The van der Waals surface area contributed by atoms with Gasteiger partial charge in [-0.2, -0.15) is 0 Å². The van der Waals surface area contributed by atoms with Crippen LogP contribution in [0.25, 0.3) is 11.5 Å². The van der Waals surface area contributed by atoms with Crippen molar-refractivity contribution < 1.29 is 27.1 Å². The van der Waals surface area contributed by atoms with Crippen LogP contribution in [0.2, 0.25) is 0 Å². The lowest BCUT2D eigenvalue weighted by atomic mass is 9.98.